The van der Waals surface area contributed by atoms with Crippen LogP contribution >= 0.6 is 0 Å². The maximum atomic E-state index is 13.0. The summed E-state index contributed by atoms with van der Waals surface area (Å²) < 4.78 is 11.8. The molecular weight excluding hydrogens is 428 g/mol. The third kappa shape index (κ3) is 1.84. The number of aromatic hydroxyl groups is 1. The van der Waals surface area contributed by atoms with Gasteiger partial charge in [0, 0.05) is 16.4 Å². The van der Waals surface area contributed by atoms with Gasteiger partial charge >= 0.3 is 5.97 Å². The van der Waals surface area contributed by atoms with Gasteiger partial charge in [-0.25, -0.2) is 4.79 Å². The molecule has 5 unspecified atom stereocenters. The number of fused-ring (bicyclic) bond motifs is 1. The molecule has 180 valence electrons. The highest BCUT2D eigenvalue weighted by atomic mass is 16.6. The lowest BCUT2D eigenvalue weighted by Gasteiger charge is -2.91. The average Bonchev–Trinajstić information content (AvgIpc) is 3.27. The standard InChI is InChI=1S/C29H34O5/c30-23-4-16(24(31)33-13-26-9-19-1-15-2-20(10-26)28(19,26)8-15)3-17(5-23)25(32)34-14-27-11-21-6-18-7-22(12-27)29(18,21)27/h3-5,15,18-22,25,30,32H,1-2,6-14H2. The van der Waals surface area contributed by atoms with E-state index in [0.717, 1.165) is 35.5 Å². The Balaban J connectivity index is 0.876. The topological polar surface area (TPSA) is 76.0 Å². The summed E-state index contributed by atoms with van der Waals surface area (Å²) >= 11 is 0. The number of hydrogen-bond donors (Lipinski definition) is 2. The first kappa shape index (κ1) is 19.6. The smallest absolute Gasteiger partial charge is 0.338 e. The van der Waals surface area contributed by atoms with Crippen molar-refractivity contribution in [3.63, 3.8) is 0 Å². The molecule has 2 bridgehead atoms. The van der Waals surface area contributed by atoms with Crippen LogP contribution in [-0.4, -0.2) is 29.4 Å². The number of phenolic OH excluding ortho intramolecular Hbond substituents is 1. The summed E-state index contributed by atoms with van der Waals surface area (Å²) in [6, 6.07) is 4.58. The molecule has 0 saturated heterocycles. The van der Waals surface area contributed by atoms with E-state index in [1.54, 1.807) is 6.07 Å². The van der Waals surface area contributed by atoms with E-state index in [1.165, 1.54) is 69.9 Å². The van der Waals surface area contributed by atoms with Crippen molar-refractivity contribution < 1.29 is 24.5 Å². The van der Waals surface area contributed by atoms with Gasteiger partial charge in [-0.1, -0.05) is 0 Å². The quantitative estimate of drug-likeness (QED) is 0.449. The Morgan fingerprint density at radius 3 is 2.24 bits per heavy atom. The normalized spacial score (nSPS) is 53.9. The van der Waals surface area contributed by atoms with Crippen LogP contribution in [0.5, 0.6) is 5.75 Å². The number of rotatable bonds is 7. The molecule has 8 aliphatic carbocycles. The number of ether oxygens (including phenoxy) is 2. The minimum atomic E-state index is -1.13. The fourth-order valence-electron chi connectivity index (χ4n) is 12.6. The van der Waals surface area contributed by atoms with Crippen molar-refractivity contribution in [2.45, 2.75) is 64.1 Å². The van der Waals surface area contributed by atoms with Crippen LogP contribution in [0.15, 0.2) is 18.2 Å². The van der Waals surface area contributed by atoms with E-state index in [1.807, 2.05) is 0 Å². The highest BCUT2D eigenvalue weighted by Gasteiger charge is 2.87. The summed E-state index contributed by atoms with van der Waals surface area (Å²) in [5, 5.41) is 21.1. The van der Waals surface area contributed by atoms with E-state index >= 15 is 0 Å². The van der Waals surface area contributed by atoms with E-state index < -0.39 is 12.3 Å². The van der Waals surface area contributed by atoms with Crippen LogP contribution in [0.3, 0.4) is 0 Å². The van der Waals surface area contributed by atoms with E-state index in [9.17, 15) is 15.0 Å². The van der Waals surface area contributed by atoms with Crippen molar-refractivity contribution in [2.24, 2.45) is 57.2 Å². The van der Waals surface area contributed by atoms with Crippen LogP contribution in [0.1, 0.15) is 80.0 Å². The summed E-state index contributed by atoms with van der Waals surface area (Å²) in [6.45, 7) is 1.09. The maximum absolute atomic E-state index is 13.0. The van der Waals surface area contributed by atoms with E-state index in [-0.39, 0.29) is 16.6 Å². The minimum absolute atomic E-state index is 0.0343. The van der Waals surface area contributed by atoms with Crippen molar-refractivity contribution in [1.82, 2.24) is 0 Å². The Kier molecular flexibility index (Phi) is 3.28. The molecule has 2 spiro atoms. The number of aliphatic hydroxyl groups excluding tert-OH is 1. The van der Waals surface area contributed by atoms with Crippen molar-refractivity contribution in [3.05, 3.63) is 29.3 Å². The number of carbonyl (C=O) groups is 1. The fraction of sp³-hybridized carbons (Fsp3) is 0.759. The first-order chi connectivity index (χ1) is 16.4. The van der Waals surface area contributed by atoms with E-state index in [0.29, 0.717) is 35.2 Å². The zero-order valence-electron chi connectivity index (χ0n) is 19.7. The lowest BCUT2D eigenvalue weighted by atomic mass is 9.13. The van der Waals surface area contributed by atoms with Crippen molar-refractivity contribution >= 4 is 5.97 Å². The summed E-state index contributed by atoms with van der Waals surface area (Å²) in [5.74, 6) is 4.94. The molecule has 0 amide bonds. The molecule has 0 heterocycles. The van der Waals surface area contributed by atoms with Gasteiger partial charge in [0.05, 0.1) is 18.8 Å². The number of phenols is 1. The summed E-state index contributed by atoms with van der Waals surface area (Å²) in [5.41, 5.74) is 2.26. The lowest BCUT2D eigenvalue weighted by molar-refractivity contribution is -0.443. The lowest BCUT2D eigenvalue weighted by Crippen LogP contribution is -2.86. The van der Waals surface area contributed by atoms with Gasteiger partial charge in [-0.3, -0.25) is 0 Å². The molecule has 5 heteroatoms. The molecule has 5 nitrogen and oxygen atoms in total. The predicted molar refractivity (Wildman–Crippen MR) is 122 cm³/mol. The fourth-order valence-corrected chi connectivity index (χ4v) is 12.6. The third-order valence-corrected chi connectivity index (χ3v) is 13.4. The van der Waals surface area contributed by atoms with Crippen LogP contribution in [0.25, 0.3) is 0 Å². The van der Waals surface area contributed by atoms with Gasteiger partial charge in [-0.2, -0.15) is 0 Å². The van der Waals surface area contributed by atoms with Crippen molar-refractivity contribution in [1.29, 1.82) is 0 Å². The molecular formula is C29H34O5. The Labute approximate surface area is 200 Å². The number of esters is 1. The molecule has 8 fully saturated rings. The van der Waals surface area contributed by atoms with Crippen LogP contribution in [0.2, 0.25) is 0 Å². The minimum Gasteiger partial charge on any atom is -0.508 e. The molecule has 34 heavy (non-hydrogen) atoms. The predicted octanol–water partition coefficient (Wildman–Crippen LogP) is 4.82. The summed E-state index contributed by atoms with van der Waals surface area (Å²) in [6.07, 6.45) is 10.7. The Morgan fingerprint density at radius 2 is 1.59 bits per heavy atom. The van der Waals surface area contributed by atoms with Gasteiger partial charge in [-0.05, 0) is 122 Å². The SMILES string of the molecule is O=C(OCC12CC3CC4CC(C1)C32C4)c1cc(O)cc(C(O)OCC23CC4CC5CC(C2)C543)c1. The van der Waals surface area contributed by atoms with Gasteiger partial charge < -0.3 is 19.7 Å². The molecule has 2 N–H and O–H groups in total. The molecule has 0 aromatic heterocycles. The number of hydrogen-bond acceptors (Lipinski definition) is 5. The molecule has 8 saturated carbocycles. The largest absolute Gasteiger partial charge is 0.508 e. The zero-order valence-corrected chi connectivity index (χ0v) is 19.7. The van der Waals surface area contributed by atoms with Gasteiger partial charge in [0.1, 0.15) is 5.75 Å². The number of carbonyl (C=O) groups excluding carboxylic acids is 1. The Hall–Kier alpha value is -1.59. The second-order valence-electron chi connectivity index (χ2n) is 13.9. The van der Waals surface area contributed by atoms with Gasteiger partial charge in [0.2, 0.25) is 0 Å². The second kappa shape index (κ2) is 5.70. The van der Waals surface area contributed by atoms with Crippen molar-refractivity contribution in [3.8, 4) is 5.75 Å². The molecule has 1 aromatic rings. The maximum Gasteiger partial charge on any atom is 0.338 e. The van der Waals surface area contributed by atoms with Crippen LogP contribution < -0.4 is 0 Å². The molecule has 5 atom stereocenters. The number of benzene rings is 1. The van der Waals surface area contributed by atoms with Crippen molar-refractivity contribution in [2.75, 3.05) is 13.2 Å². The summed E-state index contributed by atoms with van der Waals surface area (Å²) in [4.78, 5) is 13.0. The van der Waals surface area contributed by atoms with Gasteiger partial charge in [0.25, 0.3) is 0 Å². The first-order valence-corrected chi connectivity index (χ1v) is 13.7. The molecule has 8 aliphatic rings. The monoisotopic (exact) mass is 462 g/mol. The molecule has 0 radical (unpaired) electrons. The van der Waals surface area contributed by atoms with Gasteiger partial charge in [0.15, 0.2) is 6.29 Å². The van der Waals surface area contributed by atoms with E-state index in [2.05, 4.69) is 0 Å². The molecule has 0 aliphatic heterocycles. The number of aliphatic hydroxyl groups is 1. The van der Waals surface area contributed by atoms with E-state index in [4.69, 9.17) is 9.47 Å². The average molecular weight is 463 g/mol. The molecule has 9 rings (SSSR count). The Bertz CT molecular complexity index is 1100. The highest BCUT2D eigenvalue weighted by Crippen LogP contribution is 2.93. The molecule has 1 aromatic carbocycles. The highest BCUT2D eigenvalue weighted by molar-refractivity contribution is 5.90. The Morgan fingerprint density at radius 1 is 0.882 bits per heavy atom. The van der Waals surface area contributed by atoms with Crippen LogP contribution in [-0.2, 0) is 9.47 Å². The first-order valence-electron chi connectivity index (χ1n) is 13.7. The van der Waals surface area contributed by atoms with Crippen LogP contribution in [0.4, 0.5) is 0 Å². The zero-order chi connectivity index (χ0) is 22.7. The third-order valence-electron chi connectivity index (χ3n) is 13.4. The summed E-state index contributed by atoms with van der Waals surface area (Å²) in [7, 11) is 0. The second-order valence-corrected chi connectivity index (χ2v) is 13.9. The van der Waals surface area contributed by atoms with Gasteiger partial charge in [-0.15, -0.1) is 0 Å². The van der Waals surface area contributed by atoms with Crippen LogP contribution in [0, 0.1) is 57.2 Å².